The van der Waals surface area contributed by atoms with Gasteiger partial charge in [0.1, 0.15) is 0 Å². The quantitative estimate of drug-likeness (QED) is 0.561. The Morgan fingerprint density at radius 2 is 1.81 bits per heavy atom. The molecule has 1 amide bonds. The first-order valence-electron chi connectivity index (χ1n) is 9.70. The van der Waals surface area contributed by atoms with Gasteiger partial charge < -0.3 is 10.2 Å². The van der Waals surface area contributed by atoms with E-state index >= 15 is 0 Å². The lowest BCUT2D eigenvalue weighted by molar-refractivity contribution is -0.116. The number of nitrogens with zero attached hydrogens (tertiary/aromatic N) is 2. The molecule has 1 fully saturated rings. The molecule has 0 bridgehead atoms. The minimum Gasteiger partial charge on any atom is -0.353 e. The van der Waals surface area contributed by atoms with Crippen molar-refractivity contribution in [1.82, 2.24) is 15.1 Å². The van der Waals surface area contributed by atoms with Crippen molar-refractivity contribution in [2.45, 2.75) is 19.9 Å². The zero-order chi connectivity index (χ0) is 18.9. The number of benzene rings is 1. The predicted octanol–water partition coefficient (Wildman–Crippen LogP) is 3.39. The van der Waals surface area contributed by atoms with Crippen molar-refractivity contribution in [3.05, 3.63) is 63.9 Å². The lowest BCUT2D eigenvalue weighted by Crippen LogP contribution is -2.46. The van der Waals surface area contributed by atoms with Crippen LogP contribution in [0.5, 0.6) is 0 Å². The third-order valence-electron chi connectivity index (χ3n) is 4.82. The maximum Gasteiger partial charge on any atom is 0.244 e. The highest BCUT2D eigenvalue weighted by Gasteiger charge is 2.16. The van der Waals surface area contributed by atoms with Gasteiger partial charge in [0.05, 0.1) is 0 Å². The molecule has 2 aromatic rings. The second kappa shape index (κ2) is 10.4. The zero-order valence-electron chi connectivity index (χ0n) is 16.1. The van der Waals surface area contributed by atoms with Crippen molar-refractivity contribution in [1.29, 1.82) is 0 Å². The first-order chi connectivity index (χ1) is 13.2. The predicted molar refractivity (Wildman–Crippen MR) is 114 cm³/mol. The Balaban J connectivity index is 1.27. The number of carbonyl (C=O) groups is 1. The van der Waals surface area contributed by atoms with Crippen molar-refractivity contribution in [2.75, 3.05) is 39.3 Å². The molecular weight excluding hydrogens is 354 g/mol. The lowest BCUT2D eigenvalue weighted by Gasteiger charge is -2.34. The Kier molecular flexibility index (Phi) is 7.63. The fourth-order valence-corrected chi connectivity index (χ4v) is 4.07. The summed E-state index contributed by atoms with van der Waals surface area (Å²) in [6.07, 6.45) is 4.52. The summed E-state index contributed by atoms with van der Waals surface area (Å²) in [5, 5.41) is 2.98. The Morgan fingerprint density at radius 3 is 2.52 bits per heavy atom. The zero-order valence-corrected chi connectivity index (χ0v) is 16.9. The Hall–Kier alpha value is -1.95. The summed E-state index contributed by atoms with van der Waals surface area (Å²) in [7, 11) is 0. The molecular formula is C22H29N3OS. The van der Waals surface area contributed by atoms with Gasteiger partial charge in [-0.15, -0.1) is 11.3 Å². The molecule has 1 aliphatic heterocycles. The highest BCUT2D eigenvalue weighted by molar-refractivity contribution is 7.12. The molecule has 3 rings (SSSR count). The van der Waals surface area contributed by atoms with Gasteiger partial charge in [0, 0.05) is 55.1 Å². The summed E-state index contributed by atoms with van der Waals surface area (Å²) in [5.74, 6) is -0.00580. The number of piperazine rings is 1. The smallest absolute Gasteiger partial charge is 0.244 e. The van der Waals surface area contributed by atoms with Gasteiger partial charge in [-0.05, 0) is 43.7 Å². The van der Waals surface area contributed by atoms with Crippen LogP contribution in [0, 0.1) is 6.92 Å². The monoisotopic (exact) mass is 383 g/mol. The molecule has 27 heavy (non-hydrogen) atoms. The van der Waals surface area contributed by atoms with Gasteiger partial charge >= 0.3 is 0 Å². The van der Waals surface area contributed by atoms with Crippen molar-refractivity contribution in [2.24, 2.45) is 0 Å². The highest BCUT2D eigenvalue weighted by Crippen LogP contribution is 2.16. The molecule has 0 radical (unpaired) electrons. The molecule has 1 saturated heterocycles. The number of hydrogen-bond acceptors (Lipinski definition) is 4. The number of carbonyl (C=O) groups excluding carboxylic acids is 1. The summed E-state index contributed by atoms with van der Waals surface area (Å²) in [4.78, 5) is 19.3. The fourth-order valence-electron chi connectivity index (χ4n) is 3.29. The molecule has 0 atom stereocenters. The van der Waals surface area contributed by atoms with Crippen LogP contribution >= 0.6 is 11.3 Å². The molecule has 4 nitrogen and oxygen atoms in total. The van der Waals surface area contributed by atoms with E-state index in [2.05, 4.69) is 58.4 Å². The van der Waals surface area contributed by atoms with Crippen LogP contribution in [-0.2, 0) is 11.3 Å². The van der Waals surface area contributed by atoms with Crippen LogP contribution in [0.15, 0.2) is 48.5 Å². The standard InChI is InChI=1S/C22H29N3OS/c1-19-8-9-21(27-19)10-11-22(26)23-12-5-13-24-14-16-25(17-15-24)18-20-6-3-2-4-7-20/h2-4,6-11H,5,12-18H2,1H3,(H,23,26)/b11-10+. The van der Waals surface area contributed by atoms with Crippen molar-refractivity contribution < 1.29 is 4.79 Å². The van der Waals surface area contributed by atoms with E-state index in [1.54, 1.807) is 17.4 Å². The third kappa shape index (κ3) is 6.94. The van der Waals surface area contributed by atoms with E-state index in [4.69, 9.17) is 0 Å². The molecule has 1 aliphatic rings. The molecule has 1 N–H and O–H groups in total. The molecule has 1 aromatic carbocycles. The van der Waals surface area contributed by atoms with Crippen LogP contribution in [0.4, 0.5) is 0 Å². The van der Waals surface area contributed by atoms with E-state index in [0.29, 0.717) is 0 Å². The Labute approximate surface area is 166 Å². The largest absolute Gasteiger partial charge is 0.353 e. The number of nitrogens with one attached hydrogen (secondary N) is 1. The number of amides is 1. The van der Waals surface area contributed by atoms with Crippen LogP contribution < -0.4 is 5.32 Å². The molecule has 0 unspecified atom stereocenters. The van der Waals surface area contributed by atoms with Crippen LogP contribution in [0.3, 0.4) is 0 Å². The van der Waals surface area contributed by atoms with Gasteiger partial charge in [0.15, 0.2) is 0 Å². The normalized spacial score (nSPS) is 16.0. The van der Waals surface area contributed by atoms with Gasteiger partial charge in [-0.25, -0.2) is 0 Å². The topological polar surface area (TPSA) is 35.6 Å². The van der Waals surface area contributed by atoms with Crippen LogP contribution in [0.2, 0.25) is 0 Å². The summed E-state index contributed by atoms with van der Waals surface area (Å²) in [6.45, 7) is 9.35. The molecule has 5 heteroatoms. The average molecular weight is 384 g/mol. The number of hydrogen-bond donors (Lipinski definition) is 1. The van der Waals surface area contributed by atoms with Crippen molar-refractivity contribution >= 4 is 23.3 Å². The van der Waals surface area contributed by atoms with Gasteiger partial charge in [0.25, 0.3) is 0 Å². The summed E-state index contributed by atoms with van der Waals surface area (Å²) >= 11 is 1.70. The SMILES string of the molecule is Cc1ccc(/C=C/C(=O)NCCCN2CCN(Cc3ccccc3)CC2)s1. The maximum atomic E-state index is 11.9. The minimum absolute atomic E-state index is 0.00580. The van der Waals surface area contributed by atoms with Crippen molar-refractivity contribution in [3.63, 3.8) is 0 Å². The molecule has 144 valence electrons. The number of rotatable bonds is 8. The van der Waals surface area contributed by atoms with E-state index in [0.717, 1.165) is 57.1 Å². The molecule has 2 heterocycles. The first-order valence-corrected chi connectivity index (χ1v) is 10.5. The molecule has 0 saturated carbocycles. The number of thiophene rings is 1. The van der Waals surface area contributed by atoms with Crippen molar-refractivity contribution in [3.8, 4) is 0 Å². The Morgan fingerprint density at radius 1 is 1.07 bits per heavy atom. The first kappa shape index (κ1) is 19.8. The highest BCUT2D eigenvalue weighted by atomic mass is 32.1. The van der Waals surface area contributed by atoms with Gasteiger partial charge in [0.2, 0.25) is 5.91 Å². The van der Waals surface area contributed by atoms with E-state index in [9.17, 15) is 4.79 Å². The van der Waals surface area contributed by atoms with E-state index < -0.39 is 0 Å². The summed E-state index contributed by atoms with van der Waals surface area (Å²) in [6, 6.07) is 14.8. The van der Waals surface area contributed by atoms with E-state index in [-0.39, 0.29) is 5.91 Å². The fraction of sp³-hybridized carbons (Fsp3) is 0.409. The van der Waals surface area contributed by atoms with Gasteiger partial charge in [-0.3, -0.25) is 9.69 Å². The van der Waals surface area contributed by atoms with Crippen LogP contribution in [0.1, 0.15) is 21.7 Å². The lowest BCUT2D eigenvalue weighted by atomic mass is 10.2. The number of aryl methyl sites for hydroxylation is 1. The molecule has 0 aliphatic carbocycles. The van der Waals surface area contributed by atoms with E-state index in [1.807, 2.05) is 12.1 Å². The van der Waals surface area contributed by atoms with E-state index in [1.165, 1.54) is 10.4 Å². The molecule has 1 aromatic heterocycles. The third-order valence-corrected chi connectivity index (χ3v) is 5.79. The molecule has 0 spiro atoms. The van der Waals surface area contributed by atoms with Crippen LogP contribution in [0.25, 0.3) is 6.08 Å². The summed E-state index contributed by atoms with van der Waals surface area (Å²) < 4.78 is 0. The Bertz CT molecular complexity index is 733. The minimum atomic E-state index is -0.00580. The van der Waals surface area contributed by atoms with Crippen LogP contribution in [-0.4, -0.2) is 55.0 Å². The van der Waals surface area contributed by atoms with Gasteiger partial charge in [-0.2, -0.15) is 0 Å². The maximum absolute atomic E-state index is 11.9. The average Bonchev–Trinajstić information content (AvgIpc) is 3.11. The van der Waals surface area contributed by atoms with Gasteiger partial charge in [-0.1, -0.05) is 30.3 Å². The second-order valence-corrected chi connectivity index (χ2v) is 8.35. The second-order valence-electron chi connectivity index (χ2n) is 7.03. The summed E-state index contributed by atoms with van der Waals surface area (Å²) in [5.41, 5.74) is 1.39.